The maximum atomic E-state index is 6.07. The van der Waals surface area contributed by atoms with Gasteiger partial charge in [0, 0.05) is 12.1 Å². The quantitative estimate of drug-likeness (QED) is 0.259. The van der Waals surface area contributed by atoms with Gasteiger partial charge in [0.05, 0.1) is 11.7 Å². The van der Waals surface area contributed by atoms with Crippen LogP contribution in [0.1, 0.15) is 16.7 Å². The Morgan fingerprint density at radius 2 is 1.24 bits per heavy atom. The molecule has 5 rings (SSSR count). The second-order valence-corrected chi connectivity index (χ2v) is 8.02. The minimum Gasteiger partial charge on any atom is -0.489 e. The molecule has 0 aliphatic rings. The molecular weight excluding hydrogens is 450 g/mol. The van der Waals surface area contributed by atoms with Crippen LogP contribution in [0.5, 0.6) is 17.4 Å². The zero-order chi connectivity index (χ0) is 23.2. The molecule has 0 N–H and O–H groups in total. The van der Waals surface area contributed by atoms with E-state index in [2.05, 4.69) is 10.1 Å². The molecule has 0 fully saturated rings. The van der Waals surface area contributed by atoms with E-state index in [0.717, 1.165) is 22.2 Å². The fourth-order valence-electron chi connectivity index (χ4n) is 3.43. The van der Waals surface area contributed by atoms with E-state index in [1.54, 1.807) is 12.3 Å². The highest BCUT2D eigenvalue weighted by Gasteiger charge is 2.08. The number of hydrogen-bond donors (Lipinski definition) is 0. The summed E-state index contributed by atoms with van der Waals surface area (Å²) in [6.45, 7) is 1.20. The van der Waals surface area contributed by atoms with Gasteiger partial charge in [-0.2, -0.15) is 4.52 Å². The number of hydrogen-bond acceptors (Lipinski definition) is 5. The third kappa shape index (κ3) is 5.47. The summed E-state index contributed by atoms with van der Waals surface area (Å²) in [4.78, 5) is 4.05. The van der Waals surface area contributed by atoms with Gasteiger partial charge in [0.2, 0.25) is 11.2 Å². The van der Waals surface area contributed by atoms with Crippen molar-refractivity contribution in [3.63, 3.8) is 0 Å². The van der Waals surface area contributed by atoms with Gasteiger partial charge in [-0.15, -0.1) is 5.10 Å². The second-order valence-electron chi connectivity index (χ2n) is 7.69. The van der Waals surface area contributed by atoms with Crippen LogP contribution in [0, 0.1) is 0 Å². The van der Waals surface area contributed by atoms with Gasteiger partial charge in [-0.3, -0.25) is 0 Å². The van der Waals surface area contributed by atoms with Gasteiger partial charge < -0.3 is 14.2 Å². The minimum atomic E-state index is 0.286. The molecule has 2 aromatic heterocycles. The van der Waals surface area contributed by atoms with Gasteiger partial charge in [-0.1, -0.05) is 60.7 Å². The first kappa shape index (κ1) is 21.8. The summed E-state index contributed by atoms with van der Waals surface area (Å²) in [7, 11) is 0. The number of aromatic nitrogens is 3. The molecule has 0 saturated heterocycles. The van der Waals surface area contributed by atoms with Crippen molar-refractivity contribution in [3.8, 4) is 17.4 Å². The molecule has 0 amide bonds. The summed E-state index contributed by atoms with van der Waals surface area (Å²) in [5, 5.41) is 4.67. The molecule has 0 aliphatic heterocycles. The van der Waals surface area contributed by atoms with Crippen molar-refractivity contribution in [2.75, 3.05) is 0 Å². The first-order valence-corrected chi connectivity index (χ1v) is 11.2. The topological polar surface area (TPSA) is 57.9 Å². The van der Waals surface area contributed by atoms with Crippen molar-refractivity contribution in [1.29, 1.82) is 0 Å². The molecule has 2 heterocycles. The van der Waals surface area contributed by atoms with Crippen molar-refractivity contribution in [3.05, 3.63) is 119 Å². The van der Waals surface area contributed by atoms with E-state index in [9.17, 15) is 0 Å². The van der Waals surface area contributed by atoms with Gasteiger partial charge in [0.15, 0.2) is 0 Å². The smallest absolute Gasteiger partial charge is 0.232 e. The molecule has 34 heavy (non-hydrogen) atoms. The Bertz CT molecular complexity index is 1310. The number of halogens is 1. The van der Waals surface area contributed by atoms with E-state index in [4.69, 9.17) is 25.8 Å². The number of benzene rings is 3. The van der Waals surface area contributed by atoms with E-state index in [1.807, 2.05) is 84.9 Å². The van der Waals surface area contributed by atoms with Crippen molar-refractivity contribution in [1.82, 2.24) is 14.6 Å². The van der Waals surface area contributed by atoms with E-state index in [0.29, 0.717) is 30.6 Å². The van der Waals surface area contributed by atoms with Gasteiger partial charge in [-0.05, 0) is 46.5 Å². The highest BCUT2D eigenvalue weighted by Crippen LogP contribution is 2.26. The van der Waals surface area contributed by atoms with E-state index < -0.39 is 0 Å². The third-order valence-corrected chi connectivity index (χ3v) is 5.40. The van der Waals surface area contributed by atoms with Crippen LogP contribution in [0.3, 0.4) is 0 Å². The first-order chi connectivity index (χ1) is 16.7. The first-order valence-electron chi connectivity index (χ1n) is 10.8. The summed E-state index contributed by atoms with van der Waals surface area (Å²) in [5.74, 6) is 1.85. The molecule has 6 nitrogen and oxygen atoms in total. The Morgan fingerprint density at radius 1 is 0.647 bits per heavy atom. The van der Waals surface area contributed by atoms with Crippen LogP contribution in [0.2, 0.25) is 5.28 Å². The Balaban J connectivity index is 1.33. The largest absolute Gasteiger partial charge is 0.489 e. The third-order valence-electron chi connectivity index (χ3n) is 5.14. The zero-order valence-corrected chi connectivity index (χ0v) is 19.1. The molecule has 7 heteroatoms. The number of fused-ring (bicyclic) bond motifs is 1. The predicted molar refractivity (Wildman–Crippen MR) is 130 cm³/mol. The fraction of sp³-hybridized carbons (Fsp3) is 0.111. The summed E-state index contributed by atoms with van der Waals surface area (Å²) in [6.07, 6.45) is 1.66. The number of rotatable bonds is 9. The minimum absolute atomic E-state index is 0.286. The Kier molecular flexibility index (Phi) is 6.59. The van der Waals surface area contributed by atoms with Crippen molar-refractivity contribution in [2.45, 2.75) is 19.8 Å². The number of nitrogens with zero attached hydrogens (tertiary/aromatic N) is 3. The lowest BCUT2D eigenvalue weighted by molar-refractivity contribution is 0.276. The number of imidazole rings is 1. The summed E-state index contributed by atoms with van der Waals surface area (Å²) in [6, 6.07) is 29.5. The predicted octanol–water partition coefficient (Wildman–Crippen LogP) is 6.12. The normalized spacial score (nSPS) is 10.9. The van der Waals surface area contributed by atoms with E-state index in [-0.39, 0.29) is 11.9 Å². The van der Waals surface area contributed by atoms with Crippen molar-refractivity contribution >= 4 is 17.1 Å². The van der Waals surface area contributed by atoms with Crippen LogP contribution >= 0.6 is 11.6 Å². The van der Waals surface area contributed by atoms with Crippen LogP contribution < -0.4 is 14.2 Å². The molecule has 0 aliphatic carbocycles. The van der Waals surface area contributed by atoms with E-state index in [1.165, 1.54) is 4.52 Å². The molecular formula is C27H22ClN3O3. The van der Waals surface area contributed by atoms with Crippen LogP contribution in [-0.4, -0.2) is 14.6 Å². The molecule has 5 aromatic rings. The lowest BCUT2D eigenvalue weighted by atomic mass is 10.2. The summed E-state index contributed by atoms with van der Waals surface area (Å²) in [5.41, 5.74) is 3.87. The van der Waals surface area contributed by atoms with Gasteiger partial charge in [-0.25, -0.2) is 4.98 Å². The highest BCUT2D eigenvalue weighted by atomic mass is 35.5. The standard InChI is InChI=1S/C27H22ClN3O3/c28-27-29-16-23-11-12-26(30-31(23)27)34-19-22-13-24(32-17-20-7-3-1-4-8-20)15-25(14-22)33-18-21-9-5-2-6-10-21/h1-16H,17-19H2. The molecule has 170 valence electrons. The number of ether oxygens (including phenoxy) is 3. The fourth-order valence-corrected chi connectivity index (χ4v) is 3.62. The Morgan fingerprint density at radius 3 is 1.85 bits per heavy atom. The SMILES string of the molecule is Clc1ncc2ccc(OCc3cc(OCc4ccccc4)cc(OCc4ccccc4)c3)nn12. The van der Waals surface area contributed by atoms with Crippen LogP contribution in [-0.2, 0) is 19.8 Å². The Labute approximate surface area is 202 Å². The maximum absolute atomic E-state index is 6.07. The molecule has 0 atom stereocenters. The lowest BCUT2D eigenvalue weighted by Crippen LogP contribution is -2.03. The monoisotopic (exact) mass is 471 g/mol. The highest BCUT2D eigenvalue weighted by molar-refractivity contribution is 6.28. The summed E-state index contributed by atoms with van der Waals surface area (Å²) >= 11 is 6.07. The van der Waals surface area contributed by atoms with Crippen LogP contribution in [0.25, 0.3) is 5.52 Å². The average Bonchev–Trinajstić information content (AvgIpc) is 3.26. The van der Waals surface area contributed by atoms with Crippen LogP contribution in [0.4, 0.5) is 0 Å². The molecule has 0 bridgehead atoms. The Hall–Kier alpha value is -4.03. The second kappa shape index (κ2) is 10.3. The maximum Gasteiger partial charge on any atom is 0.232 e. The van der Waals surface area contributed by atoms with E-state index >= 15 is 0 Å². The van der Waals surface area contributed by atoms with Crippen LogP contribution in [0.15, 0.2) is 97.2 Å². The zero-order valence-electron chi connectivity index (χ0n) is 18.3. The van der Waals surface area contributed by atoms with Gasteiger partial charge >= 0.3 is 0 Å². The lowest BCUT2D eigenvalue weighted by Gasteiger charge is -2.13. The van der Waals surface area contributed by atoms with Crippen molar-refractivity contribution in [2.24, 2.45) is 0 Å². The van der Waals surface area contributed by atoms with Crippen molar-refractivity contribution < 1.29 is 14.2 Å². The summed E-state index contributed by atoms with van der Waals surface area (Å²) < 4.78 is 19.6. The average molecular weight is 472 g/mol. The molecule has 0 saturated carbocycles. The molecule has 0 unspecified atom stereocenters. The molecule has 0 spiro atoms. The van der Waals surface area contributed by atoms with Gasteiger partial charge in [0.25, 0.3) is 0 Å². The van der Waals surface area contributed by atoms with Gasteiger partial charge in [0.1, 0.15) is 31.3 Å². The molecule has 0 radical (unpaired) electrons. The molecule has 3 aromatic carbocycles.